The number of carbonyl (C=O) groups excluding carboxylic acids is 1. The number of amides is 1. The minimum Gasteiger partial charge on any atom is -0.478 e. The zero-order chi connectivity index (χ0) is 19.0. The smallest absolute Gasteiger partial charge is 0.335 e. The van der Waals surface area contributed by atoms with Crippen molar-refractivity contribution in [1.82, 2.24) is 9.88 Å². The van der Waals surface area contributed by atoms with E-state index in [1.165, 1.54) is 12.1 Å². The fraction of sp³-hybridized carbons (Fsp3) is 0.158. The molecule has 2 N–H and O–H groups in total. The lowest BCUT2D eigenvalue weighted by Gasteiger charge is -2.15. The summed E-state index contributed by atoms with van der Waals surface area (Å²) in [6, 6.07) is 11.3. The van der Waals surface area contributed by atoms with Crippen molar-refractivity contribution in [2.75, 3.05) is 0 Å². The lowest BCUT2D eigenvalue weighted by atomic mass is 10.1. The number of hydrogen-bond acceptors (Lipinski definition) is 2. The zero-order valence-corrected chi connectivity index (χ0v) is 15.6. The SMILES string of the molecule is CC(NC(=O)c1cc2c(Cl)c(Cl)ccc2n1C)c1ccc(C(=O)O)cc1. The molecule has 1 unspecified atom stereocenters. The van der Waals surface area contributed by atoms with Crippen molar-refractivity contribution < 1.29 is 14.7 Å². The van der Waals surface area contributed by atoms with Crippen LogP contribution in [-0.2, 0) is 7.05 Å². The predicted octanol–water partition coefficient (Wildman–Crippen LogP) is 4.67. The van der Waals surface area contributed by atoms with Gasteiger partial charge in [0.1, 0.15) is 5.69 Å². The Balaban J connectivity index is 1.85. The fourth-order valence-corrected chi connectivity index (χ4v) is 3.21. The first-order valence-corrected chi connectivity index (χ1v) is 8.62. The number of hydrogen-bond donors (Lipinski definition) is 2. The molecule has 0 fully saturated rings. The maximum absolute atomic E-state index is 12.7. The van der Waals surface area contributed by atoms with Crippen molar-refractivity contribution in [3.05, 3.63) is 69.3 Å². The number of benzene rings is 2. The van der Waals surface area contributed by atoms with Gasteiger partial charge in [0.15, 0.2) is 0 Å². The predicted molar refractivity (Wildman–Crippen MR) is 102 cm³/mol. The van der Waals surface area contributed by atoms with Crippen LogP contribution < -0.4 is 5.32 Å². The average Bonchev–Trinajstić information content (AvgIpc) is 2.95. The molecule has 0 spiro atoms. The van der Waals surface area contributed by atoms with Crippen LogP contribution in [0.1, 0.15) is 39.4 Å². The highest BCUT2D eigenvalue weighted by atomic mass is 35.5. The molecule has 0 aliphatic carbocycles. The van der Waals surface area contributed by atoms with Crippen molar-refractivity contribution in [3.63, 3.8) is 0 Å². The van der Waals surface area contributed by atoms with Crippen molar-refractivity contribution >= 4 is 46.0 Å². The second-order valence-electron chi connectivity index (χ2n) is 6.01. The number of aryl methyl sites for hydroxylation is 1. The van der Waals surface area contributed by atoms with Gasteiger partial charge >= 0.3 is 5.97 Å². The Kier molecular flexibility index (Phi) is 4.94. The first-order chi connectivity index (χ1) is 12.3. The topological polar surface area (TPSA) is 71.3 Å². The van der Waals surface area contributed by atoms with Crippen molar-refractivity contribution in [2.45, 2.75) is 13.0 Å². The van der Waals surface area contributed by atoms with Gasteiger partial charge in [0.05, 0.1) is 21.7 Å². The summed E-state index contributed by atoms with van der Waals surface area (Å²) < 4.78 is 1.76. The van der Waals surface area contributed by atoms with Gasteiger partial charge in [-0.05, 0) is 42.8 Å². The molecule has 1 amide bonds. The Morgan fingerprint density at radius 2 is 1.77 bits per heavy atom. The molecule has 0 bridgehead atoms. The molecule has 5 nitrogen and oxygen atoms in total. The molecule has 1 heterocycles. The van der Waals surface area contributed by atoms with Gasteiger partial charge < -0.3 is 15.0 Å². The number of nitrogens with zero attached hydrogens (tertiary/aromatic N) is 1. The fourth-order valence-electron chi connectivity index (χ4n) is 2.84. The number of carboxylic acid groups (broad SMARTS) is 1. The monoisotopic (exact) mass is 390 g/mol. The molecular formula is C19H16Cl2N2O3. The third-order valence-corrected chi connectivity index (χ3v) is 5.17. The van der Waals surface area contributed by atoms with E-state index in [1.54, 1.807) is 35.9 Å². The summed E-state index contributed by atoms with van der Waals surface area (Å²) in [5.74, 6) is -1.25. The highest BCUT2D eigenvalue weighted by Gasteiger charge is 2.18. The van der Waals surface area contributed by atoms with Crippen LogP contribution in [0, 0.1) is 0 Å². The lowest BCUT2D eigenvalue weighted by molar-refractivity contribution is 0.0696. The van der Waals surface area contributed by atoms with E-state index in [9.17, 15) is 9.59 Å². The highest BCUT2D eigenvalue weighted by molar-refractivity contribution is 6.45. The Bertz CT molecular complexity index is 1010. The van der Waals surface area contributed by atoms with E-state index in [-0.39, 0.29) is 17.5 Å². The molecule has 0 aliphatic rings. The molecule has 134 valence electrons. The summed E-state index contributed by atoms with van der Waals surface area (Å²) in [6.07, 6.45) is 0. The Morgan fingerprint density at radius 3 is 2.38 bits per heavy atom. The maximum Gasteiger partial charge on any atom is 0.335 e. The van der Waals surface area contributed by atoms with Gasteiger partial charge in [0.25, 0.3) is 5.91 Å². The van der Waals surface area contributed by atoms with E-state index in [2.05, 4.69) is 5.32 Å². The summed E-state index contributed by atoms with van der Waals surface area (Å²) in [5.41, 5.74) is 2.27. The maximum atomic E-state index is 12.7. The van der Waals surface area contributed by atoms with Crippen molar-refractivity contribution in [3.8, 4) is 0 Å². The summed E-state index contributed by atoms with van der Waals surface area (Å²) in [4.78, 5) is 23.6. The van der Waals surface area contributed by atoms with Crippen LogP contribution in [-0.4, -0.2) is 21.6 Å². The summed E-state index contributed by atoms with van der Waals surface area (Å²) in [6.45, 7) is 1.83. The Hall–Kier alpha value is -2.50. The number of aromatic nitrogens is 1. The van der Waals surface area contributed by atoms with E-state index in [1.807, 2.05) is 13.0 Å². The van der Waals surface area contributed by atoms with E-state index in [0.717, 1.165) is 11.1 Å². The molecule has 3 aromatic rings. The molecule has 1 aromatic heterocycles. The summed E-state index contributed by atoms with van der Waals surface area (Å²) in [5, 5.41) is 13.4. The Labute approximate surface area is 160 Å². The molecule has 0 radical (unpaired) electrons. The van der Waals surface area contributed by atoms with Gasteiger partial charge in [-0.2, -0.15) is 0 Å². The molecule has 0 aliphatic heterocycles. The number of rotatable bonds is 4. The minimum atomic E-state index is -0.987. The van der Waals surface area contributed by atoms with Gasteiger partial charge in [0, 0.05) is 18.0 Å². The third kappa shape index (κ3) is 3.28. The number of fused-ring (bicyclic) bond motifs is 1. The zero-order valence-electron chi connectivity index (χ0n) is 14.1. The van der Waals surface area contributed by atoms with Crippen LogP contribution in [0.2, 0.25) is 10.0 Å². The molecular weight excluding hydrogens is 375 g/mol. The minimum absolute atomic E-state index is 0.201. The van der Waals surface area contributed by atoms with Crippen LogP contribution in [0.5, 0.6) is 0 Å². The van der Waals surface area contributed by atoms with Gasteiger partial charge in [-0.25, -0.2) is 4.79 Å². The molecule has 7 heteroatoms. The molecule has 3 rings (SSSR count). The van der Waals surface area contributed by atoms with Crippen LogP contribution in [0.15, 0.2) is 42.5 Å². The number of halogens is 2. The molecule has 2 aromatic carbocycles. The number of nitrogens with one attached hydrogen (secondary N) is 1. The van der Waals surface area contributed by atoms with Gasteiger partial charge in [-0.1, -0.05) is 35.3 Å². The van der Waals surface area contributed by atoms with Gasteiger partial charge in [0.2, 0.25) is 0 Å². The van der Waals surface area contributed by atoms with Gasteiger partial charge in [-0.3, -0.25) is 4.79 Å². The molecule has 26 heavy (non-hydrogen) atoms. The second kappa shape index (κ2) is 7.02. The molecule has 0 saturated carbocycles. The lowest BCUT2D eigenvalue weighted by Crippen LogP contribution is -2.28. The quantitative estimate of drug-likeness (QED) is 0.679. The van der Waals surface area contributed by atoms with Crippen LogP contribution in [0.3, 0.4) is 0 Å². The first-order valence-electron chi connectivity index (χ1n) is 7.87. The number of aromatic carboxylic acids is 1. The van der Waals surface area contributed by atoms with Crippen LogP contribution in [0.25, 0.3) is 10.9 Å². The third-order valence-electron chi connectivity index (χ3n) is 4.35. The normalized spacial score (nSPS) is 12.2. The van der Waals surface area contributed by atoms with E-state index >= 15 is 0 Å². The van der Waals surface area contributed by atoms with Crippen LogP contribution in [0.4, 0.5) is 0 Å². The largest absolute Gasteiger partial charge is 0.478 e. The van der Waals surface area contributed by atoms with Crippen molar-refractivity contribution in [1.29, 1.82) is 0 Å². The second-order valence-corrected chi connectivity index (χ2v) is 6.79. The highest BCUT2D eigenvalue weighted by Crippen LogP contribution is 2.32. The van der Waals surface area contributed by atoms with E-state index in [0.29, 0.717) is 21.1 Å². The molecule has 0 saturated heterocycles. The standard InChI is InChI=1S/C19H16Cl2N2O3/c1-10(11-3-5-12(6-4-11)19(25)26)22-18(24)16-9-13-15(23(16)2)8-7-14(20)17(13)21/h3-10H,1-2H3,(H,22,24)(H,25,26). The molecule has 1 atom stereocenters. The van der Waals surface area contributed by atoms with Crippen molar-refractivity contribution in [2.24, 2.45) is 7.05 Å². The first kappa shape index (κ1) is 18.3. The summed E-state index contributed by atoms with van der Waals surface area (Å²) >= 11 is 12.3. The average molecular weight is 391 g/mol. The Morgan fingerprint density at radius 1 is 1.12 bits per heavy atom. The number of carbonyl (C=O) groups is 2. The number of carboxylic acids is 1. The summed E-state index contributed by atoms with van der Waals surface area (Å²) in [7, 11) is 1.79. The van der Waals surface area contributed by atoms with Crippen LogP contribution >= 0.6 is 23.2 Å². The van der Waals surface area contributed by atoms with E-state index < -0.39 is 5.97 Å². The van der Waals surface area contributed by atoms with Gasteiger partial charge in [-0.15, -0.1) is 0 Å². The van der Waals surface area contributed by atoms with E-state index in [4.69, 9.17) is 28.3 Å².